The summed E-state index contributed by atoms with van der Waals surface area (Å²) in [4.78, 5) is 2.35. The third-order valence-electron chi connectivity index (χ3n) is 3.76. The lowest BCUT2D eigenvalue weighted by Crippen LogP contribution is -2.36. The zero-order chi connectivity index (χ0) is 14.5. The number of ether oxygens (including phenoxy) is 2. The molecule has 1 aromatic carbocycles. The molecule has 0 bridgehead atoms. The van der Waals surface area contributed by atoms with Crippen molar-refractivity contribution >= 4 is 11.6 Å². The number of aliphatic hydroxyl groups excluding tert-OH is 1. The number of halogens is 1. The molecule has 1 unspecified atom stereocenters. The number of hydrogen-bond acceptors (Lipinski definition) is 4. The first-order valence-electron chi connectivity index (χ1n) is 6.91. The van der Waals surface area contributed by atoms with Crippen molar-refractivity contribution in [2.45, 2.75) is 19.4 Å². The molecule has 1 aliphatic heterocycles. The van der Waals surface area contributed by atoms with Crippen molar-refractivity contribution < 1.29 is 14.6 Å². The van der Waals surface area contributed by atoms with Gasteiger partial charge in [0.15, 0.2) is 11.5 Å². The second-order valence-electron chi connectivity index (χ2n) is 5.24. The highest BCUT2D eigenvalue weighted by Gasteiger charge is 2.20. The maximum Gasteiger partial charge on any atom is 0.179 e. The summed E-state index contributed by atoms with van der Waals surface area (Å²) >= 11 is 6.22. The minimum atomic E-state index is 0.267. The highest BCUT2D eigenvalue weighted by atomic mass is 35.5. The molecule has 0 aromatic heterocycles. The molecule has 112 valence electrons. The van der Waals surface area contributed by atoms with Gasteiger partial charge in [0.1, 0.15) is 0 Å². The van der Waals surface area contributed by atoms with Crippen molar-refractivity contribution in [1.82, 2.24) is 4.90 Å². The van der Waals surface area contributed by atoms with Crippen LogP contribution in [0.4, 0.5) is 0 Å². The largest absolute Gasteiger partial charge is 0.493 e. The van der Waals surface area contributed by atoms with Crippen LogP contribution in [0, 0.1) is 5.92 Å². The number of aliphatic hydroxyl groups is 1. The molecule has 20 heavy (non-hydrogen) atoms. The summed E-state index contributed by atoms with van der Waals surface area (Å²) < 4.78 is 10.6. The monoisotopic (exact) mass is 299 g/mol. The van der Waals surface area contributed by atoms with Crippen LogP contribution in [0.1, 0.15) is 18.4 Å². The standard InChI is InChI=1S/C15H22ClNO3/c1-19-14-7-12(6-13(16)15(14)20-2)9-17-5-3-4-11(8-17)10-18/h6-7,11,18H,3-5,8-10H2,1-2H3. The lowest BCUT2D eigenvalue weighted by molar-refractivity contribution is 0.116. The van der Waals surface area contributed by atoms with E-state index in [-0.39, 0.29) is 6.61 Å². The molecular formula is C15H22ClNO3. The Balaban J connectivity index is 2.11. The van der Waals surface area contributed by atoms with E-state index in [4.69, 9.17) is 21.1 Å². The molecule has 2 rings (SSSR count). The highest BCUT2D eigenvalue weighted by Crippen LogP contribution is 2.36. The van der Waals surface area contributed by atoms with E-state index < -0.39 is 0 Å². The molecular weight excluding hydrogens is 278 g/mol. The number of methoxy groups -OCH3 is 2. The fraction of sp³-hybridized carbons (Fsp3) is 0.600. The zero-order valence-corrected chi connectivity index (χ0v) is 12.8. The van der Waals surface area contributed by atoms with Crippen LogP contribution in [-0.2, 0) is 6.54 Å². The van der Waals surface area contributed by atoms with Crippen LogP contribution in [0.15, 0.2) is 12.1 Å². The molecule has 1 heterocycles. The Hall–Kier alpha value is -0.970. The fourth-order valence-electron chi connectivity index (χ4n) is 2.76. The van der Waals surface area contributed by atoms with Crippen molar-refractivity contribution in [3.63, 3.8) is 0 Å². The van der Waals surface area contributed by atoms with Crippen LogP contribution in [0.3, 0.4) is 0 Å². The number of rotatable bonds is 5. The molecule has 0 aliphatic carbocycles. The average molecular weight is 300 g/mol. The molecule has 0 saturated carbocycles. The number of hydrogen-bond donors (Lipinski definition) is 1. The molecule has 1 atom stereocenters. The first kappa shape index (κ1) is 15.4. The first-order valence-corrected chi connectivity index (χ1v) is 7.29. The summed E-state index contributed by atoms with van der Waals surface area (Å²) in [5.74, 6) is 1.62. The number of benzene rings is 1. The Kier molecular flexibility index (Phi) is 5.52. The van der Waals surface area contributed by atoms with Crippen molar-refractivity contribution in [2.24, 2.45) is 5.92 Å². The van der Waals surface area contributed by atoms with Gasteiger partial charge >= 0.3 is 0 Å². The Labute approximate surface area is 125 Å². The van der Waals surface area contributed by atoms with E-state index in [1.165, 1.54) is 0 Å². The van der Waals surface area contributed by atoms with E-state index in [1.807, 2.05) is 12.1 Å². The topological polar surface area (TPSA) is 41.9 Å². The normalized spacial score (nSPS) is 19.9. The van der Waals surface area contributed by atoms with Gasteiger partial charge in [-0.25, -0.2) is 0 Å². The van der Waals surface area contributed by atoms with Gasteiger partial charge in [0.05, 0.1) is 19.2 Å². The summed E-state index contributed by atoms with van der Waals surface area (Å²) in [6.45, 7) is 3.07. The minimum Gasteiger partial charge on any atom is -0.493 e. The van der Waals surface area contributed by atoms with Crippen molar-refractivity contribution in [3.05, 3.63) is 22.7 Å². The van der Waals surface area contributed by atoms with E-state index >= 15 is 0 Å². The van der Waals surface area contributed by atoms with Crippen LogP contribution in [0.5, 0.6) is 11.5 Å². The molecule has 4 nitrogen and oxygen atoms in total. The van der Waals surface area contributed by atoms with Gasteiger partial charge in [-0.15, -0.1) is 0 Å². The van der Waals surface area contributed by atoms with Crippen LogP contribution in [-0.4, -0.2) is 43.9 Å². The van der Waals surface area contributed by atoms with Gasteiger partial charge in [-0.3, -0.25) is 4.90 Å². The number of nitrogens with zero attached hydrogens (tertiary/aromatic N) is 1. The van der Waals surface area contributed by atoms with E-state index in [0.717, 1.165) is 38.0 Å². The first-order chi connectivity index (χ1) is 9.67. The van der Waals surface area contributed by atoms with Crippen LogP contribution < -0.4 is 9.47 Å². The van der Waals surface area contributed by atoms with Crippen molar-refractivity contribution in [3.8, 4) is 11.5 Å². The summed E-state index contributed by atoms with van der Waals surface area (Å²) in [7, 11) is 3.19. The van der Waals surface area contributed by atoms with Crippen LogP contribution in [0.2, 0.25) is 5.02 Å². The predicted molar refractivity (Wildman–Crippen MR) is 79.6 cm³/mol. The molecule has 1 fully saturated rings. The number of piperidine rings is 1. The minimum absolute atomic E-state index is 0.267. The SMILES string of the molecule is COc1cc(CN2CCCC(CO)C2)cc(Cl)c1OC. The molecule has 1 N–H and O–H groups in total. The van der Waals surface area contributed by atoms with Gasteiger partial charge in [0.25, 0.3) is 0 Å². The summed E-state index contributed by atoms with van der Waals surface area (Å²) in [6.07, 6.45) is 2.24. The van der Waals surface area contributed by atoms with Gasteiger partial charge in [-0.1, -0.05) is 11.6 Å². The Morgan fingerprint density at radius 3 is 2.80 bits per heavy atom. The van der Waals surface area contributed by atoms with Gasteiger partial charge in [-0.05, 0) is 43.0 Å². The average Bonchev–Trinajstić information content (AvgIpc) is 2.46. The van der Waals surface area contributed by atoms with Crippen LogP contribution >= 0.6 is 11.6 Å². The molecule has 1 aromatic rings. The highest BCUT2D eigenvalue weighted by molar-refractivity contribution is 6.32. The molecule has 0 amide bonds. The van der Waals surface area contributed by atoms with Gasteiger partial charge < -0.3 is 14.6 Å². The van der Waals surface area contributed by atoms with E-state index in [9.17, 15) is 5.11 Å². The molecule has 5 heteroatoms. The maximum absolute atomic E-state index is 9.29. The summed E-state index contributed by atoms with van der Waals surface area (Å²) in [5, 5.41) is 9.85. The molecule has 0 spiro atoms. The maximum atomic E-state index is 9.29. The molecule has 0 radical (unpaired) electrons. The third-order valence-corrected chi connectivity index (χ3v) is 4.04. The second kappa shape index (κ2) is 7.16. The fourth-order valence-corrected chi connectivity index (χ4v) is 3.08. The number of likely N-dealkylation sites (tertiary alicyclic amines) is 1. The lowest BCUT2D eigenvalue weighted by Gasteiger charge is -2.31. The van der Waals surface area contributed by atoms with Crippen molar-refractivity contribution in [2.75, 3.05) is 33.9 Å². The van der Waals surface area contributed by atoms with Gasteiger partial charge in [0.2, 0.25) is 0 Å². The second-order valence-corrected chi connectivity index (χ2v) is 5.65. The van der Waals surface area contributed by atoms with Gasteiger partial charge in [0, 0.05) is 19.7 Å². The van der Waals surface area contributed by atoms with E-state index in [1.54, 1.807) is 14.2 Å². The van der Waals surface area contributed by atoms with Crippen molar-refractivity contribution in [1.29, 1.82) is 0 Å². The summed E-state index contributed by atoms with van der Waals surface area (Å²) in [5.41, 5.74) is 1.10. The third kappa shape index (κ3) is 3.57. The Morgan fingerprint density at radius 2 is 2.15 bits per heavy atom. The lowest BCUT2D eigenvalue weighted by atomic mass is 9.98. The van der Waals surface area contributed by atoms with E-state index in [0.29, 0.717) is 22.4 Å². The quantitative estimate of drug-likeness (QED) is 0.907. The van der Waals surface area contributed by atoms with Gasteiger partial charge in [-0.2, -0.15) is 0 Å². The van der Waals surface area contributed by atoms with Crippen LogP contribution in [0.25, 0.3) is 0 Å². The smallest absolute Gasteiger partial charge is 0.179 e. The zero-order valence-electron chi connectivity index (χ0n) is 12.1. The summed E-state index contributed by atoms with van der Waals surface area (Å²) in [6, 6.07) is 3.89. The predicted octanol–water partition coefficient (Wildman–Crippen LogP) is 2.56. The Bertz CT molecular complexity index is 453. The van der Waals surface area contributed by atoms with E-state index in [2.05, 4.69) is 4.90 Å². The molecule has 1 aliphatic rings. The molecule has 1 saturated heterocycles. The Morgan fingerprint density at radius 1 is 1.35 bits per heavy atom.